The summed E-state index contributed by atoms with van der Waals surface area (Å²) in [4.78, 5) is 41.6. The van der Waals surface area contributed by atoms with Crippen LogP contribution >= 0.6 is 0 Å². The molecular weight excluding hydrogens is 380 g/mol. The van der Waals surface area contributed by atoms with Crippen molar-refractivity contribution in [2.75, 3.05) is 24.5 Å². The maximum Gasteiger partial charge on any atom is 0.239 e. The molecule has 3 aromatic rings. The number of carbonyl (C=O) groups excluding carboxylic acids is 3. The van der Waals surface area contributed by atoms with Gasteiger partial charge in [0.2, 0.25) is 17.7 Å². The highest BCUT2D eigenvalue weighted by Crippen LogP contribution is 2.24. The van der Waals surface area contributed by atoms with Crippen molar-refractivity contribution in [3.05, 3.63) is 66.4 Å². The fraction of sp³-hybridized carbons (Fsp3) is 0.261. The third-order valence-electron chi connectivity index (χ3n) is 5.38. The molecule has 1 atom stereocenters. The number of benzene rings is 2. The molecule has 0 bridgehead atoms. The lowest BCUT2D eigenvalue weighted by atomic mass is 10.1. The summed E-state index contributed by atoms with van der Waals surface area (Å²) in [6.07, 6.45) is 2.81. The third kappa shape index (κ3) is 4.35. The minimum atomic E-state index is -0.447. The summed E-state index contributed by atoms with van der Waals surface area (Å²) in [5.41, 5.74) is 3.00. The van der Waals surface area contributed by atoms with Crippen LogP contribution < -0.4 is 15.5 Å². The molecule has 1 aliphatic heterocycles. The van der Waals surface area contributed by atoms with Crippen LogP contribution in [0.25, 0.3) is 10.9 Å². The molecule has 7 heteroatoms. The van der Waals surface area contributed by atoms with Crippen LogP contribution in [0.4, 0.5) is 5.69 Å². The number of carbonyl (C=O) groups is 3. The number of H-pyrrole nitrogens is 1. The number of hydrogen-bond acceptors (Lipinski definition) is 3. The topological polar surface area (TPSA) is 94.3 Å². The van der Waals surface area contributed by atoms with Crippen LogP contribution in [0.5, 0.6) is 0 Å². The third-order valence-corrected chi connectivity index (χ3v) is 5.38. The van der Waals surface area contributed by atoms with Gasteiger partial charge >= 0.3 is 0 Å². The van der Waals surface area contributed by atoms with Gasteiger partial charge in [0, 0.05) is 42.3 Å². The number of nitrogens with zero attached hydrogens (tertiary/aromatic N) is 1. The van der Waals surface area contributed by atoms with Crippen LogP contribution in [0.1, 0.15) is 12.0 Å². The zero-order valence-corrected chi connectivity index (χ0v) is 16.6. The average molecular weight is 404 g/mol. The van der Waals surface area contributed by atoms with Crippen molar-refractivity contribution in [1.29, 1.82) is 0 Å². The normalized spacial score (nSPS) is 16.1. The van der Waals surface area contributed by atoms with Crippen molar-refractivity contribution < 1.29 is 14.4 Å². The maximum absolute atomic E-state index is 12.4. The number of para-hydroxylation sites is 2. The maximum atomic E-state index is 12.4. The number of nitrogens with one attached hydrogen (secondary N) is 3. The first kappa shape index (κ1) is 19.7. The summed E-state index contributed by atoms with van der Waals surface area (Å²) in [6.45, 7) is 0.722. The van der Waals surface area contributed by atoms with Crippen LogP contribution in [-0.2, 0) is 20.8 Å². The van der Waals surface area contributed by atoms with Crippen molar-refractivity contribution in [2.24, 2.45) is 5.92 Å². The summed E-state index contributed by atoms with van der Waals surface area (Å²) >= 11 is 0. The second kappa shape index (κ2) is 8.82. The van der Waals surface area contributed by atoms with Crippen LogP contribution in [0, 0.1) is 5.92 Å². The molecule has 3 N–H and O–H groups in total. The van der Waals surface area contributed by atoms with Crippen molar-refractivity contribution >= 4 is 34.3 Å². The molecule has 0 spiro atoms. The van der Waals surface area contributed by atoms with Gasteiger partial charge in [0.05, 0.1) is 12.5 Å². The minimum Gasteiger partial charge on any atom is -0.361 e. The molecule has 2 heterocycles. The predicted octanol–water partition coefficient (Wildman–Crippen LogP) is 2.00. The van der Waals surface area contributed by atoms with Gasteiger partial charge in [-0.3, -0.25) is 14.4 Å². The van der Waals surface area contributed by atoms with Gasteiger partial charge in [-0.15, -0.1) is 0 Å². The first-order valence-electron chi connectivity index (χ1n) is 10.1. The first-order chi connectivity index (χ1) is 14.6. The molecule has 0 aliphatic carbocycles. The van der Waals surface area contributed by atoms with Gasteiger partial charge in [-0.05, 0) is 30.2 Å². The smallest absolute Gasteiger partial charge is 0.239 e. The molecule has 0 saturated carbocycles. The largest absolute Gasteiger partial charge is 0.361 e. The molecule has 7 nitrogen and oxygen atoms in total. The van der Waals surface area contributed by atoms with E-state index in [-0.39, 0.29) is 30.7 Å². The Morgan fingerprint density at radius 3 is 2.63 bits per heavy atom. The zero-order valence-electron chi connectivity index (χ0n) is 16.6. The molecule has 2 aromatic carbocycles. The lowest BCUT2D eigenvalue weighted by Gasteiger charge is -2.16. The van der Waals surface area contributed by atoms with Crippen LogP contribution in [0.2, 0.25) is 0 Å². The SMILES string of the molecule is O=C(CNC(=O)C1CC(=O)N(c2ccccc2)C1)NCCc1c[nH]c2ccccc12. The van der Waals surface area contributed by atoms with Crippen LogP contribution in [0.3, 0.4) is 0 Å². The van der Waals surface area contributed by atoms with Crippen molar-refractivity contribution in [2.45, 2.75) is 12.8 Å². The highest BCUT2D eigenvalue weighted by atomic mass is 16.2. The van der Waals surface area contributed by atoms with E-state index >= 15 is 0 Å². The second-order valence-electron chi connectivity index (χ2n) is 7.42. The van der Waals surface area contributed by atoms with Gasteiger partial charge in [-0.2, -0.15) is 0 Å². The highest BCUT2D eigenvalue weighted by molar-refractivity contribution is 6.00. The van der Waals surface area contributed by atoms with E-state index in [1.807, 2.05) is 60.8 Å². The van der Waals surface area contributed by atoms with Crippen LogP contribution in [0.15, 0.2) is 60.8 Å². The number of aromatic amines is 1. The summed E-state index contributed by atoms with van der Waals surface area (Å²) in [7, 11) is 0. The standard InChI is InChI=1S/C23H24N4O3/c28-21(24-11-10-16-13-25-20-9-5-4-8-19(16)20)14-26-23(30)17-12-22(29)27(15-17)18-6-2-1-3-7-18/h1-9,13,17,25H,10-12,14-15H2,(H,24,28)(H,26,30). The molecule has 3 amide bonds. The summed E-state index contributed by atoms with van der Waals surface area (Å²) in [6, 6.07) is 17.3. The molecule has 1 aliphatic rings. The Balaban J connectivity index is 1.21. The molecule has 0 radical (unpaired) electrons. The molecule has 154 valence electrons. The Kier molecular flexibility index (Phi) is 5.79. The summed E-state index contributed by atoms with van der Waals surface area (Å²) in [5.74, 6) is -1.04. The Bertz CT molecular complexity index is 1060. The second-order valence-corrected chi connectivity index (χ2v) is 7.42. The molecular formula is C23H24N4O3. The zero-order chi connectivity index (χ0) is 20.9. The lowest BCUT2D eigenvalue weighted by Crippen LogP contribution is -2.40. The van der Waals surface area contributed by atoms with Gasteiger partial charge in [0.25, 0.3) is 0 Å². The van der Waals surface area contributed by atoms with Gasteiger partial charge in [-0.25, -0.2) is 0 Å². The Hall–Kier alpha value is -3.61. The van der Waals surface area contributed by atoms with E-state index < -0.39 is 5.92 Å². The van der Waals surface area contributed by atoms with Gasteiger partial charge in [-0.1, -0.05) is 36.4 Å². The number of rotatable bonds is 7. The Morgan fingerprint density at radius 2 is 1.80 bits per heavy atom. The molecule has 30 heavy (non-hydrogen) atoms. The highest BCUT2D eigenvalue weighted by Gasteiger charge is 2.35. The fourth-order valence-electron chi connectivity index (χ4n) is 3.79. The molecule has 1 saturated heterocycles. The summed E-state index contributed by atoms with van der Waals surface area (Å²) in [5, 5.41) is 6.63. The number of aromatic nitrogens is 1. The predicted molar refractivity (Wildman–Crippen MR) is 115 cm³/mol. The Labute approximate surface area is 174 Å². The minimum absolute atomic E-state index is 0.0791. The van der Waals surface area contributed by atoms with Gasteiger partial charge in [0.15, 0.2) is 0 Å². The first-order valence-corrected chi connectivity index (χ1v) is 10.1. The molecule has 1 unspecified atom stereocenters. The molecule has 4 rings (SSSR count). The number of hydrogen-bond donors (Lipinski definition) is 3. The quantitative estimate of drug-likeness (QED) is 0.562. The number of amides is 3. The number of anilines is 1. The molecule has 1 aromatic heterocycles. The summed E-state index contributed by atoms with van der Waals surface area (Å²) < 4.78 is 0. The van der Waals surface area contributed by atoms with Gasteiger partial charge < -0.3 is 20.5 Å². The fourth-order valence-corrected chi connectivity index (χ4v) is 3.79. The van der Waals surface area contributed by atoms with Crippen LogP contribution in [-0.4, -0.2) is 42.3 Å². The Morgan fingerprint density at radius 1 is 1.03 bits per heavy atom. The average Bonchev–Trinajstić information content (AvgIpc) is 3.36. The van der Waals surface area contributed by atoms with E-state index in [9.17, 15) is 14.4 Å². The monoisotopic (exact) mass is 404 g/mol. The van der Waals surface area contributed by atoms with E-state index in [4.69, 9.17) is 0 Å². The van der Waals surface area contributed by atoms with E-state index in [2.05, 4.69) is 15.6 Å². The van der Waals surface area contributed by atoms with E-state index in [0.29, 0.717) is 19.5 Å². The number of fused-ring (bicyclic) bond motifs is 1. The van der Waals surface area contributed by atoms with E-state index in [0.717, 1.165) is 22.2 Å². The lowest BCUT2D eigenvalue weighted by molar-refractivity contribution is -0.128. The van der Waals surface area contributed by atoms with Crippen molar-refractivity contribution in [1.82, 2.24) is 15.6 Å². The van der Waals surface area contributed by atoms with E-state index in [1.165, 1.54) is 0 Å². The molecule has 1 fully saturated rings. The van der Waals surface area contributed by atoms with Gasteiger partial charge in [0.1, 0.15) is 0 Å². The van der Waals surface area contributed by atoms with E-state index in [1.54, 1.807) is 4.90 Å². The van der Waals surface area contributed by atoms with Crippen molar-refractivity contribution in [3.63, 3.8) is 0 Å². The van der Waals surface area contributed by atoms with Crippen molar-refractivity contribution in [3.8, 4) is 0 Å².